The second-order valence-electron chi connectivity index (χ2n) is 4.47. The number of furan rings is 1. The van der Waals surface area contributed by atoms with Crippen molar-refractivity contribution in [2.75, 3.05) is 0 Å². The van der Waals surface area contributed by atoms with Gasteiger partial charge in [-0.05, 0) is 30.9 Å². The zero-order valence-electron chi connectivity index (χ0n) is 9.42. The van der Waals surface area contributed by atoms with Crippen molar-refractivity contribution in [1.82, 2.24) is 0 Å². The van der Waals surface area contributed by atoms with Gasteiger partial charge in [-0.1, -0.05) is 32.9 Å². The Bertz CT molecular complexity index is 269. The fraction of sp³-hybridized carbons (Fsp3) is 0.538. The molecule has 14 heavy (non-hydrogen) atoms. The van der Waals surface area contributed by atoms with Crippen LogP contribution in [0.2, 0.25) is 0 Å². The molecule has 0 aromatic carbocycles. The molecule has 78 valence electrons. The number of rotatable bonds is 5. The van der Waals surface area contributed by atoms with Crippen LogP contribution in [0.3, 0.4) is 0 Å². The van der Waals surface area contributed by atoms with E-state index in [1.54, 1.807) is 6.26 Å². The topological polar surface area (TPSA) is 13.1 Å². The van der Waals surface area contributed by atoms with Crippen molar-refractivity contribution in [3.63, 3.8) is 0 Å². The summed E-state index contributed by atoms with van der Waals surface area (Å²) in [5, 5.41) is 0. The van der Waals surface area contributed by atoms with Crippen LogP contribution in [0, 0.1) is 5.92 Å². The van der Waals surface area contributed by atoms with Gasteiger partial charge in [0.15, 0.2) is 0 Å². The molecule has 1 rings (SSSR count). The molecule has 0 saturated heterocycles. The lowest BCUT2D eigenvalue weighted by Gasteiger charge is -2.12. The molecule has 0 fully saturated rings. The first-order chi connectivity index (χ1) is 6.59. The summed E-state index contributed by atoms with van der Waals surface area (Å²) in [7, 11) is 0. The van der Waals surface area contributed by atoms with E-state index in [2.05, 4.69) is 27.4 Å². The van der Waals surface area contributed by atoms with E-state index in [1.165, 1.54) is 5.57 Å². The highest BCUT2D eigenvalue weighted by Crippen LogP contribution is 2.25. The van der Waals surface area contributed by atoms with Gasteiger partial charge in [0.2, 0.25) is 0 Å². The third-order valence-corrected chi connectivity index (χ3v) is 2.32. The van der Waals surface area contributed by atoms with E-state index in [0.29, 0.717) is 11.8 Å². The van der Waals surface area contributed by atoms with Gasteiger partial charge in [0.1, 0.15) is 5.76 Å². The Balaban J connectivity index is 2.41. The van der Waals surface area contributed by atoms with Gasteiger partial charge in [0.05, 0.1) is 6.26 Å². The van der Waals surface area contributed by atoms with Crippen molar-refractivity contribution >= 4 is 0 Å². The molecule has 0 N–H and O–H groups in total. The Morgan fingerprint density at radius 1 is 1.36 bits per heavy atom. The molecule has 0 aliphatic heterocycles. The van der Waals surface area contributed by atoms with E-state index in [1.807, 2.05) is 12.1 Å². The lowest BCUT2D eigenvalue weighted by atomic mass is 9.94. The van der Waals surface area contributed by atoms with Crippen molar-refractivity contribution < 1.29 is 4.42 Å². The molecule has 1 nitrogen and oxygen atoms in total. The molecule has 0 amide bonds. The van der Waals surface area contributed by atoms with Gasteiger partial charge in [-0.15, -0.1) is 0 Å². The molecular formula is C13H20O. The first-order valence-corrected chi connectivity index (χ1v) is 5.29. The standard InChI is InChI=1S/C13H20O/c1-10(2)8-11(3)9-12(4)13-6-5-7-14-13/h5-7,10,12H,3,8-9H2,1-2,4H3. The lowest BCUT2D eigenvalue weighted by molar-refractivity contribution is 0.467. The molecule has 0 radical (unpaired) electrons. The molecule has 0 bridgehead atoms. The maximum atomic E-state index is 5.36. The number of hydrogen-bond donors (Lipinski definition) is 0. The summed E-state index contributed by atoms with van der Waals surface area (Å²) in [6.07, 6.45) is 3.88. The second-order valence-corrected chi connectivity index (χ2v) is 4.47. The molecule has 1 heteroatoms. The summed E-state index contributed by atoms with van der Waals surface area (Å²) in [5.74, 6) is 2.22. The zero-order chi connectivity index (χ0) is 10.6. The molecule has 0 saturated carbocycles. The van der Waals surface area contributed by atoms with Gasteiger partial charge >= 0.3 is 0 Å². The average Bonchev–Trinajstić information content (AvgIpc) is 2.53. The maximum Gasteiger partial charge on any atom is 0.106 e. The minimum atomic E-state index is 0.455. The average molecular weight is 192 g/mol. The Labute approximate surface area is 86.8 Å². The fourth-order valence-corrected chi connectivity index (χ4v) is 1.77. The van der Waals surface area contributed by atoms with E-state index in [4.69, 9.17) is 4.42 Å². The Morgan fingerprint density at radius 3 is 2.57 bits per heavy atom. The van der Waals surface area contributed by atoms with Gasteiger partial charge in [-0.25, -0.2) is 0 Å². The van der Waals surface area contributed by atoms with Crippen LogP contribution in [0.1, 0.15) is 45.3 Å². The summed E-state index contributed by atoms with van der Waals surface area (Å²) >= 11 is 0. The molecular weight excluding hydrogens is 172 g/mol. The van der Waals surface area contributed by atoms with Crippen LogP contribution in [0.25, 0.3) is 0 Å². The van der Waals surface area contributed by atoms with Gasteiger partial charge in [-0.3, -0.25) is 0 Å². The van der Waals surface area contributed by atoms with Gasteiger partial charge in [0.25, 0.3) is 0 Å². The molecule has 1 atom stereocenters. The third kappa shape index (κ3) is 3.41. The van der Waals surface area contributed by atoms with Crippen molar-refractivity contribution in [2.45, 2.75) is 39.5 Å². The highest BCUT2D eigenvalue weighted by atomic mass is 16.3. The quantitative estimate of drug-likeness (QED) is 0.631. The van der Waals surface area contributed by atoms with E-state index in [-0.39, 0.29) is 0 Å². The Kier molecular flexibility index (Phi) is 3.99. The van der Waals surface area contributed by atoms with Gasteiger partial charge in [-0.2, -0.15) is 0 Å². The largest absolute Gasteiger partial charge is 0.469 e. The highest BCUT2D eigenvalue weighted by Gasteiger charge is 2.10. The number of allylic oxidation sites excluding steroid dienone is 1. The maximum absolute atomic E-state index is 5.36. The van der Waals surface area contributed by atoms with Crippen molar-refractivity contribution in [1.29, 1.82) is 0 Å². The fourth-order valence-electron chi connectivity index (χ4n) is 1.77. The summed E-state index contributed by atoms with van der Waals surface area (Å²) in [5.41, 5.74) is 1.32. The van der Waals surface area contributed by atoms with Crippen LogP contribution in [0.5, 0.6) is 0 Å². The van der Waals surface area contributed by atoms with Crippen molar-refractivity contribution in [3.05, 3.63) is 36.3 Å². The molecule has 1 heterocycles. The summed E-state index contributed by atoms with van der Waals surface area (Å²) in [6, 6.07) is 3.98. The summed E-state index contributed by atoms with van der Waals surface area (Å²) in [6.45, 7) is 10.7. The van der Waals surface area contributed by atoms with Gasteiger partial charge < -0.3 is 4.42 Å². The van der Waals surface area contributed by atoms with E-state index in [9.17, 15) is 0 Å². The van der Waals surface area contributed by atoms with Crippen LogP contribution < -0.4 is 0 Å². The molecule has 0 spiro atoms. The van der Waals surface area contributed by atoms with E-state index < -0.39 is 0 Å². The predicted molar refractivity (Wildman–Crippen MR) is 60.3 cm³/mol. The Morgan fingerprint density at radius 2 is 2.07 bits per heavy atom. The second kappa shape index (κ2) is 5.04. The van der Waals surface area contributed by atoms with Crippen LogP contribution in [0.15, 0.2) is 35.0 Å². The van der Waals surface area contributed by atoms with E-state index >= 15 is 0 Å². The molecule has 0 aliphatic carbocycles. The first kappa shape index (κ1) is 11.1. The van der Waals surface area contributed by atoms with Crippen molar-refractivity contribution in [2.24, 2.45) is 5.92 Å². The first-order valence-electron chi connectivity index (χ1n) is 5.29. The SMILES string of the molecule is C=C(CC(C)C)CC(C)c1ccco1. The zero-order valence-corrected chi connectivity index (χ0v) is 9.42. The predicted octanol–water partition coefficient (Wildman–Crippen LogP) is 4.38. The molecule has 1 unspecified atom stereocenters. The molecule has 1 aromatic rings. The molecule has 1 aromatic heterocycles. The minimum absolute atomic E-state index is 0.455. The van der Waals surface area contributed by atoms with Gasteiger partial charge in [0, 0.05) is 5.92 Å². The van der Waals surface area contributed by atoms with Crippen LogP contribution in [-0.2, 0) is 0 Å². The van der Waals surface area contributed by atoms with Crippen molar-refractivity contribution in [3.8, 4) is 0 Å². The van der Waals surface area contributed by atoms with Crippen LogP contribution in [-0.4, -0.2) is 0 Å². The Hall–Kier alpha value is -0.980. The van der Waals surface area contributed by atoms with Crippen LogP contribution in [0.4, 0.5) is 0 Å². The molecule has 0 aliphatic rings. The smallest absolute Gasteiger partial charge is 0.106 e. The summed E-state index contributed by atoms with van der Waals surface area (Å²) < 4.78 is 5.36. The highest BCUT2D eigenvalue weighted by molar-refractivity contribution is 5.09. The van der Waals surface area contributed by atoms with E-state index in [0.717, 1.165) is 18.6 Å². The monoisotopic (exact) mass is 192 g/mol. The third-order valence-electron chi connectivity index (χ3n) is 2.32. The minimum Gasteiger partial charge on any atom is -0.469 e. The number of hydrogen-bond acceptors (Lipinski definition) is 1. The van der Waals surface area contributed by atoms with Crippen LogP contribution >= 0.6 is 0 Å². The summed E-state index contributed by atoms with van der Waals surface area (Å²) in [4.78, 5) is 0. The lowest BCUT2D eigenvalue weighted by Crippen LogP contribution is -1.97. The normalized spacial score (nSPS) is 13.1.